The molecular weight excluding hydrogens is 452 g/mol. The molecule has 3 saturated carbocycles. The molecule has 0 spiro atoms. The highest BCUT2D eigenvalue weighted by molar-refractivity contribution is 5.91. The van der Waals surface area contributed by atoms with Crippen LogP contribution in [0, 0.1) is 39.9 Å². The van der Waals surface area contributed by atoms with Crippen molar-refractivity contribution >= 4 is 17.7 Å². The molecule has 1 aliphatic heterocycles. The van der Waals surface area contributed by atoms with Gasteiger partial charge in [0.1, 0.15) is 11.9 Å². The maximum atomic E-state index is 13.9. The Morgan fingerprint density at radius 1 is 1.20 bits per heavy atom. The Balaban J connectivity index is 1.63. The van der Waals surface area contributed by atoms with E-state index in [1.54, 1.807) is 12.3 Å². The van der Waals surface area contributed by atoms with Crippen LogP contribution in [0.4, 0.5) is 0 Å². The van der Waals surface area contributed by atoms with Gasteiger partial charge >= 0.3 is 11.9 Å². The number of methoxy groups -OCH3 is 1. The van der Waals surface area contributed by atoms with Crippen LogP contribution < -0.4 is 0 Å². The number of hydrogen-bond donors (Lipinski definition) is 2. The lowest BCUT2D eigenvalue weighted by molar-refractivity contribution is -0.277. The van der Waals surface area contributed by atoms with Gasteiger partial charge in [0, 0.05) is 40.6 Å². The van der Waals surface area contributed by atoms with Gasteiger partial charge in [-0.1, -0.05) is 27.7 Å². The molecule has 2 N–H and O–H groups in total. The Morgan fingerprint density at radius 3 is 2.54 bits per heavy atom. The number of aliphatic hydroxyl groups is 2. The Hall–Kier alpha value is -2.19. The fourth-order valence-electron chi connectivity index (χ4n) is 8.78. The molecule has 2 bridgehead atoms. The number of Topliss-reactive ketones (excluding diaryl/α,β-unsaturated/α-hetero) is 1. The largest absolute Gasteiger partial charge is 0.472 e. The van der Waals surface area contributed by atoms with Crippen molar-refractivity contribution in [1.29, 1.82) is 0 Å². The summed E-state index contributed by atoms with van der Waals surface area (Å²) in [4.78, 5) is 39.3. The summed E-state index contributed by atoms with van der Waals surface area (Å²) >= 11 is 0. The fourth-order valence-corrected chi connectivity index (χ4v) is 8.78. The Morgan fingerprint density at radius 2 is 1.91 bits per heavy atom. The number of carbonyl (C=O) groups is 3. The van der Waals surface area contributed by atoms with E-state index < -0.39 is 69.7 Å². The van der Waals surface area contributed by atoms with Gasteiger partial charge in [-0.3, -0.25) is 14.4 Å². The summed E-state index contributed by atoms with van der Waals surface area (Å²) in [6, 6.07) is 1.78. The van der Waals surface area contributed by atoms with Crippen LogP contribution in [0.15, 0.2) is 23.0 Å². The SMILES string of the molecule is COC(=O)C[C@H]1C(C)(C)[C@H](O)[C@@H]2C[C@@]3(O)C(CC[C@]4(C)[C@H]3CC(=O)O[C@H]4c3ccoc3)[C@@]1(C)C2=O. The minimum Gasteiger partial charge on any atom is -0.472 e. The molecule has 5 rings (SSSR count). The summed E-state index contributed by atoms with van der Waals surface area (Å²) in [5.74, 6) is -3.18. The minimum absolute atomic E-state index is 0.0241. The molecule has 2 heterocycles. The van der Waals surface area contributed by atoms with E-state index in [0.29, 0.717) is 12.8 Å². The number of rotatable bonds is 3. The Kier molecular flexibility index (Phi) is 5.36. The lowest BCUT2D eigenvalue weighted by atomic mass is 9.36. The monoisotopic (exact) mass is 488 g/mol. The van der Waals surface area contributed by atoms with Gasteiger partial charge in [0.15, 0.2) is 0 Å². The molecule has 0 amide bonds. The fraction of sp³-hybridized carbons (Fsp3) is 0.741. The number of ether oxygens (including phenoxy) is 2. The molecule has 9 atom stereocenters. The molecule has 35 heavy (non-hydrogen) atoms. The van der Waals surface area contributed by atoms with Crippen molar-refractivity contribution in [2.24, 2.45) is 39.9 Å². The number of aliphatic hydroxyl groups excluding tert-OH is 1. The van der Waals surface area contributed by atoms with E-state index in [1.165, 1.54) is 13.4 Å². The zero-order valence-electron chi connectivity index (χ0n) is 21.1. The number of carbonyl (C=O) groups excluding carboxylic acids is 3. The highest BCUT2D eigenvalue weighted by Crippen LogP contribution is 2.70. The summed E-state index contributed by atoms with van der Waals surface area (Å²) in [6.07, 6.45) is 2.78. The van der Waals surface area contributed by atoms with Gasteiger partial charge in [-0.15, -0.1) is 0 Å². The molecule has 1 aromatic rings. The van der Waals surface area contributed by atoms with Gasteiger partial charge in [0.05, 0.1) is 37.8 Å². The third kappa shape index (κ3) is 3.08. The predicted octanol–water partition coefficient (Wildman–Crippen LogP) is 3.21. The summed E-state index contributed by atoms with van der Waals surface area (Å²) in [5, 5.41) is 24.0. The van der Waals surface area contributed by atoms with Gasteiger partial charge in [-0.05, 0) is 36.7 Å². The second-order valence-electron chi connectivity index (χ2n) is 12.3. The molecule has 1 saturated heterocycles. The van der Waals surface area contributed by atoms with Crippen molar-refractivity contribution in [2.45, 2.75) is 77.6 Å². The molecule has 192 valence electrons. The number of fused-ring (bicyclic) bond motifs is 6. The number of cyclic esters (lactones) is 1. The number of furan rings is 1. The van der Waals surface area contributed by atoms with E-state index in [1.807, 2.05) is 27.7 Å². The third-order valence-electron chi connectivity index (χ3n) is 10.5. The van der Waals surface area contributed by atoms with Crippen LogP contribution in [0.2, 0.25) is 0 Å². The maximum absolute atomic E-state index is 13.9. The van der Waals surface area contributed by atoms with Gasteiger partial charge < -0.3 is 24.1 Å². The highest BCUT2D eigenvalue weighted by atomic mass is 16.5. The van der Waals surface area contributed by atoms with Crippen LogP contribution in [0.1, 0.15) is 71.5 Å². The van der Waals surface area contributed by atoms with Crippen LogP contribution >= 0.6 is 0 Å². The van der Waals surface area contributed by atoms with E-state index >= 15 is 0 Å². The van der Waals surface area contributed by atoms with E-state index in [2.05, 4.69) is 0 Å². The van der Waals surface area contributed by atoms with Gasteiger partial charge in [-0.25, -0.2) is 0 Å². The van der Waals surface area contributed by atoms with E-state index in [-0.39, 0.29) is 25.0 Å². The predicted molar refractivity (Wildman–Crippen MR) is 123 cm³/mol. The number of esters is 2. The van der Waals surface area contributed by atoms with E-state index in [0.717, 1.165) is 5.56 Å². The standard InChI is InChI=1S/C27H36O8/c1-24(2)17(10-19(28)33-5)26(4)16-6-8-25(3)18(27(16,32)12-15(21(24)30)22(26)31)11-20(29)35-23(25)14-7-9-34-13-14/h7,9,13,15-18,21,23,30,32H,6,8,10-12H2,1-5H3/t15-,16?,17-,18+,21+,23-,25+,26+,27+/m0/s1. The van der Waals surface area contributed by atoms with Crippen molar-refractivity contribution in [3.05, 3.63) is 24.2 Å². The first-order valence-electron chi connectivity index (χ1n) is 12.5. The molecule has 1 unspecified atom stereocenters. The lowest BCUT2D eigenvalue weighted by Crippen LogP contribution is -2.74. The molecule has 8 heteroatoms. The lowest BCUT2D eigenvalue weighted by Gasteiger charge is -2.69. The first-order chi connectivity index (χ1) is 16.3. The average molecular weight is 489 g/mol. The maximum Gasteiger partial charge on any atom is 0.306 e. The number of hydrogen-bond acceptors (Lipinski definition) is 8. The smallest absolute Gasteiger partial charge is 0.306 e. The molecule has 3 aliphatic carbocycles. The normalized spacial score (nSPS) is 46.3. The van der Waals surface area contributed by atoms with Gasteiger partial charge in [0.2, 0.25) is 0 Å². The van der Waals surface area contributed by atoms with Crippen molar-refractivity contribution in [2.75, 3.05) is 7.11 Å². The first kappa shape index (κ1) is 24.5. The molecule has 0 radical (unpaired) electrons. The topological polar surface area (TPSA) is 123 Å². The summed E-state index contributed by atoms with van der Waals surface area (Å²) < 4.78 is 16.1. The first-order valence-corrected chi connectivity index (χ1v) is 12.5. The van der Waals surface area contributed by atoms with Crippen LogP contribution in [0.25, 0.3) is 0 Å². The molecule has 4 fully saturated rings. The van der Waals surface area contributed by atoms with Crippen molar-refractivity contribution in [3.63, 3.8) is 0 Å². The molecule has 0 aromatic carbocycles. The second kappa shape index (κ2) is 7.65. The molecule has 4 aliphatic rings. The molecule has 1 aromatic heterocycles. The zero-order chi connectivity index (χ0) is 25.6. The van der Waals surface area contributed by atoms with Crippen molar-refractivity contribution in [1.82, 2.24) is 0 Å². The zero-order valence-corrected chi connectivity index (χ0v) is 21.1. The Bertz CT molecular complexity index is 1050. The minimum atomic E-state index is -1.38. The summed E-state index contributed by atoms with van der Waals surface area (Å²) in [7, 11) is 1.31. The van der Waals surface area contributed by atoms with Crippen LogP contribution in [0.5, 0.6) is 0 Å². The van der Waals surface area contributed by atoms with E-state index in [9.17, 15) is 24.6 Å². The van der Waals surface area contributed by atoms with Gasteiger partial charge in [-0.2, -0.15) is 0 Å². The van der Waals surface area contributed by atoms with E-state index in [4.69, 9.17) is 13.9 Å². The second-order valence-corrected chi connectivity index (χ2v) is 12.3. The Labute approximate surface area is 205 Å². The average Bonchev–Trinajstić information content (AvgIpc) is 3.33. The quantitative estimate of drug-likeness (QED) is 0.622. The highest BCUT2D eigenvalue weighted by Gasteiger charge is 2.74. The van der Waals surface area contributed by atoms with Crippen LogP contribution in [-0.2, 0) is 23.9 Å². The van der Waals surface area contributed by atoms with Crippen LogP contribution in [0.3, 0.4) is 0 Å². The number of ketones is 1. The molecule has 8 nitrogen and oxygen atoms in total. The summed E-state index contributed by atoms with van der Waals surface area (Å²) in [5.41, 5.74) is -3.01. The van der Waals surface area contributed by atoms with Crippen molar-refractivity contribution in [3.8, 4) is 0 Å². The summed E-state index contributed by atoms with van der Waals surface area (Å²) in [6.45, 7) is 7.69. The third-order valence-corrected chi connectivity index (χ3v) is 10.5. The van der Waals surface area contributed by atoms with Crippen LogP contribution in [-0.4, -0.2) is 46.7 Å². The molecular formula is C27H36O8. The van der Waals surface area contributed by atoms with Gasteiger partial charge in [0.25, 0.3) is 0 Å². The van der Waals surface area contributed by atoms with Crippen molar-refractivity contribution < 1.29 is 38.5 Å².